The van der Waals surface area contributed by atoms with Gasteiger partial charge in [0.1, 0.15) is 6.04 Å². The molecule has 3 aromatic rings. The summed E-state index contributed by atoms with van der Waals surface area (Å²) >= 11 is 0. The van der Waals surface area contributed by atoms with E-state index in [9.17, 15) is 14.0 Å². The van der Waals surface area contributed by atoms with Crippen LogP contribution in [0.3, 0.4) is 0 Å². The van der Waals surface area contributed by atoms with Crippen LogP contribution in [0.2, 0.25) is 0 Å². The third-order valence-corrected chi connectivity index (χ3v) is 6.78. The van der Waals surface area contributed by atoms with Crippen molar-refractivity contribution < 1.29 is 14.0 Å². The number of aromatic nitrogens is 4. The molecule has 2 amide bonds. The Kier molecular flexibility index (Phi) is 5.85. The van der Waals surface area contributed by atoms with Crippen molar-refractivity contribution in [1.82, 2.24) is 30.6 Å². The minimum atomic E-state index is -0.629. The topological polar surface area (TPSA) is 104 Å². The van der Waals surface area contributed by atoms with Crippen molar-refractivity contribution in [3.05, 3.63) is 77.1 Å². The molecule has 176 valence electrons. The monoisotopic (exact) mass is 462 g/mol. The van der Waals surface area contributed by atoms with Gasteiger partial charge in [-0.3, -0.25) is 14.7 Å². The first kappa shape index (κ1) is 22.2. The summed E-state index contributed by atoms with van der Waals surface area (Å²) in [6, 6.07) is 11.7. The zero-order chi connectivity index (χ0) is 23.8. The number of carbonyl (C=O) groups is 2. The number of benzene rings is 1. The molecule has 9 heteroatoms. The van der Waals surface area contributed by atoms with Gasteiger partial charge in [0.05, 0.1) is 30.0 Å². The summed E-state index contributed by atoms with van der Waals surface area (Å²) in [6.07, 6.45) is 2.55. The molecule has 0 unspecified atom stereocenters. The highest BCUT2D eigenvalue weighted by Gasteiger charge is 2.56. The van der Waals surface area contributed by atoms with Crippen molar-refractivity contribution >= 4 is 11.8 Å². The van der Waals surface area contributed by atoms with Crippen LogP contribution in [-0.2, 0) is 16.0 Å². The molecule has 3 heterocycles. The molecule has 2 fully saturated rings. The zero-order valence-corrected chi connectivity index (χ0v) is 19.1. The lowest BCUT2D eigenvalue weighted by molar-refractivity contribution is -0.139. The summed E-state index contributed by atoms with van der Waals surface area (Å²) in [4.78, 5) is 32.4. The smallest absolute Gasteiger partial charge is 0.243 e. The van der Waals surface area contributed by atoms with Crippen molar-refractivity contribution in [2.24, 2.45) is 11.8 Å². The Morgan fingerprint density at radius 2 is 2.00 bits per heavy atom. The molecule has 0 spiro atoms. The van der Waals surface area contributed by atoms with Crippen molar-refractivity contribution in [1.29, 1.82) is 0 Å². The summed E-state index contributed by atoms with van der Waals surface area (Å²) in [5.41, 5.74) is 2.36. The highest BCUT2D eigenvalue weighted by molar-refractivity contribution is 5.90. The third kappa shape index (κ3) is 4.30. The highest BCUT2D eigenvalue weighted by Crippen LogP contribution is 2.50. The van der Waals surface area contributed by atoms with Gasteiger partial charge in [0.2, 0.25) is 17.8 Å². The van der Waals surface area contributed by atoms with E-state index in [-0.39, 0.29) is 30.1 Å². The Morgan fingerprint density at radius 3 is 2.68 bits per heavy atom. The van der Waals surface area contributed by atoms with Crippen molar-refractivity contribution in [3.8, 4) is 0 Å². The molecule has 2 aromatic heterocycles. The maximum absolute atomic E-state index is 14.7. The molecular formula is C25H27FN6O2. The molecule has 2 aliphatic rings. The first-order valence-electron chi connectivity index (χ1n) is 11.6. The predicted molar refractivity (Wildman–Crippen MR) is 122 cm³/mol. The maximum Gasteiger partial charge on any atom is 0.243 e. The average Bonchev–Trinajstić information content (AvgIpc) is 3.21. The summed E-state index contributed by atoms with van der Waals surface area (Å²) in [5, 5.41) is 13.1. The lowest BCUT2D eigenvalue weighted by Crippen LogP contribution is -2.49. The molecule has 1 saturated carbocycles. The number of aromatic amines is 1. The van der Waals surface area contributed by atoms with Crippen LogP contribution in [-0.4, -0.2) is 49.7 Å². The van der Waals surface area contributed by atoms with Gasteiger partial charge in [0.15, 0.2) is 0 Å². The van der Waals surface area contributed by atoms with Crippen LogP contribution in [0.5, 0.6) is 0 Å². The van der Waals surface area contributed by atoms with Crippen molar-refractivity contribution in [2.45, 2.75) is 44.7 Å². The number of H-pyrrole nitrogens is 1. The van der Waals surface area contributed by atoms with E-state index in [0.29, 0.717) is 29.4 Å². The largest absolute Gasteiger partial charge is 0.342 e. The van der Waals surface area contributed by atoms with Crippen LogP contribution in [0.15, 0.2) is 48.7 Å². The summed E-state index contributed by atoms with van der Waals surface area (Å²) in [7, 11) is 0. The standard InChI is InChI=1S/C25H27FN6O2/c1-14(2)18-8-9-20(28-24(18)26)22(15-6-4-3-5-7-15)29-25(34)23-19-10-16(19)13-32(23)21(33)11-17-12-27-31-30-17/h3-9,12,14,16,19,22-23H,10-11,13H2,1-2H3,(H,29,34)(H,27,30,31)/t16-,19-,22-,23-/m0/s1. The number of nitrogens with zero attached hydrogens (tertiary/aromatic N) is 4. The van der Waals surface area contributed by atoms with Crippen LogP contribution in [0, 0.1) is 17.8 Å². The number of amides is 2. The molecule has 4 atom stereocenters. The molecule has 8 nitrogen and oxygen atoms in total. The van der Waals surface area contributed by atoms with Gasteiger partial charge >= 0.3 is 0 Å². The van der Waals surface area contributed by atoms with E-state index in [2.05, 4.69) is 25.7 Å². The molecule has 1 aliphatic heterocycles. The Balaban J connectivity index is 1.40. The lowest BCUT2D eigenvalue weighted by Gasteiger charge is -2.29. The number of hydrogen-bond acceptors (Lipinski definition) is 5. The molecule has 1 aromatic carbocycles. The number of halogens is 1. The minimum absolute atomic E-state index is 0.00116. The van der Waals surface area contributed by atoms with Gasteiger partial charge in [-0.25, -0.2) is 4.98 Å². The minimum Gasteiger partial charge on any atom is -0.342 e. The molecule has 5 rings (SSSR count). The quantitative estimate of drug-likeness (QED) is 0.526. The van der Waals surface area contributed by atoms with Crippen LogP contribution >= 0.6 is 0 Å². The van der Waals surface area contributed by atoms with Crippen molar-refractivity contribution in [2.75, 3.05) is 6.54 Å². The van der Waals surface area contributed by atoms with Crippen LogP contribution in [0.1, 0.15) is 54.7 Å². The van der Waals surface area contributed by atoms with E-state index in [0.717, 1.165) is 12.0 Å². The first-order chi connectivity index (χ1) is 16.4. The summed E-state index contributed by atoms with van der Waals surface area (Å²) < 4.78 is 14.7. The molecule has 0 bridgehead atoms. The number of piperidine rings is 1. The second kappa shape index (κ2) is 8.96. The van der Waals surface area contributed by atoms with Gasteiger partial charge in [-0.1, -0.05) is 55.5 Å². The molecule has 34 heavy (non-hydrogen) atoms. The second-order valence-electron chi connectivity index (χ2n) is 9.43. The number of rotatable bonds is 7. The van der Waals surface area contributed by atoms with E-state index in [1.54, 1.807) is 17.0 Å². The lowest BCUT2D eigenvalue weighted by atomic mass is 9.99. The Labute approximate surface area is 197 Å². The summed E-state index contributed by atoms with van der Waals surface area (Å²) in [5.74, 6) is -0.425. The Hall–Kier alpha value is -3.62. The Bertz CT molecular complexity index is 1180. The number of nitrogens with one attached hydrogen (secondary N) is 2. The van der Waals surface area contributed by atoms with Crippen LogP contribution in [0.25, 0.3) is 0 Å². The number of pyridine rings is 1. The number of likely N-dealkylation sites (tertiary alicyclic amines) is 1. The molecule has 1 saturated heterocycles. The fourth-order valence-electron chi connectivity index (χ4n) is 4.88. The molecule has 1 aliphatic carbocycles. The Morgan fingerprint density at radius 1 is 1.21 bits per heavy atom. The maximum atomic E-state index is 14.7. The van der Waals surface area contributed by atoms with Crippen LogP contribution in [0.4, 0.5) is 4.39 Å². The number of carbonyl (C=O) groups excluding carboxylic acids is 2. The van der Waals surface area contributed by atoms with E-state index in [4.69, 9.17) is 0 Å². The van der Waals surface area contributed by atoms with Gasteiger partial charge in [-0.15, -0.1) is 5.10 Å². The third-order valence-electron chi connectivity index (χ3n) is 6.78. The van der Waals surface area contributed by atoms with Crippen molar-refractivity contribution in [3.63, 3.8) is 0 Å². The van der Waals surface area contributed by atoms with E-state index < -0.39 is 18.0 Å². The average molecular weight is 463 g/mol. The first-order valence-corrected chi connectivity index (χ1v) is 11.6. The zero-order valence-electron chi connectivity index (χ0n) is 19.1. The normalized spacial score (nSPS) is 21.9. The molecular weight excluding hydrogens is 435 g/mol. The predicted octanol–water partition coefficient (Wildman–Crippen LogP) is 2.76. The van der Waals surface area contributed by atoms with Gasteiger partial charge in [0.25, 0.3) is 0 Å². The van der Waals surface area contributed by atoms with E-state index in [1.807, 2.05) is 44.2 Å². The van der Waals surface area contributed by atoms with Gasteiger partial charge < -0.3 is 10.2 Å². The van der Waals surface area contributed by atoms with E-state index >= 15 is 0 Å². The van der Waals surface area contributed by atoms with Gasteiger partial charge in [-0.2, -0.15) is 4.39 Å². The SMILES string of the molecule is CC(C)c1ccc([C@@H](NC(=O)[C@@H]2[C@H]3C[C@H]3CN2C(=O)Cc2cnn[nH]2)c2ccccc2)nc1F. The van der Waals surface area contributed by atoms with E-state index in [1.165, 1.54) is 6.20 Å². The summed E-state index contributed by atoms with van der Waals surface area (Å²) in [6.45, 7) is 4.38. The number of hydrogen-bond donors (Lipinski definition) is 2. The number of fused-ring (bicyclic) bond motifs is 1. The second-order valence-corrected chi connectivity index (χ2v) is 9.43. The molecule has 0 radical (unpaired) electrons. The van der Waals surface area contributed by atoms with Crippen LogP contribution < -0.4 is 5.32 Å². The fraction of sp³-hybridized carbons (Fsp3) is 0.400. The van der Waals surface area contributed by atoms with Gasteiger partial charge in [0, 0.05) is 12.1 Å². The van der Waals surface area contributed by atoms with Gasteiger partial charge in [-0.05, 0) is 35.8 Å². The fourth-order valence-corrected chi connectivity index (χ4v) is 4.88. The highest BCUT2D eigenvalue weighted by atomic mass is 19.1. The molecule has 2 N–H and O–H groups in total.